The Balaban J connectivity index is 2.32. The molecule has 0 aromatic heterocycles. The number of nitrogens with zero attached hydrogens (tertiary/aromatic N) is 1. The average molecular weight is 428 g/mol. The summed E-state index contributed by atoms with van der Waals surface area (Å²) >= 11 is 3.32. The van der Waals surface area contributed by atoms with E-state index < -0.39 is 10.0 Å². The van der Waals surface area contributed by atoms with E-state index >= 15 is 0 Å². The maximum Gasteiger partial charge on any atom is 0.244 e. The van der Waals surface area contributed by atoms with Gasteiger partial charge in [0.2, 0.25) is 10.0 Å². The zero-order valence-electron chi connectivity index (χ0n) is 14.5. The third kappa shape index (κ3) is 4.54. The number of halogens is 1. The van der Waals surface area contributed by atoms with Crippen LogP contribution in [0.5, 0.6) is 11.5 Å². The fraction of sp³-hybridized carbons (Fsp3) is 0.333. The van der Waals surface area contributed by atoms with Gasteiger partial charge in [0.15, 0.2) is 11.5 Å². The van der Waals surface area contributed by atoms with Crippen LogP contribution in [0.4, 0.5) is 0 Å². The van der Waals surface area contributed by atoms with Crippen LogP contribution in [0.3, 0.4) is 0 Å². The van der Waals surface area contributed by atoms with Crippen LogP contribution >= 0.6 is 15.9 Å². The van der Waals surface area contributed by atoms with Crippen molar-refractivity contribution in [1.29, 1.82) is 0 Å². The smallest absolute Gasteiger partial charge is 0.244 e. The monoisotopic (exact) mass is 427 g/mol. The lowest BCUT2D eigenvalue weighted by Crippen LogP contribution is -2.30. The van der Waals surface area contributed by atoms with Crippen molar-refractivity contribution in [2.75, 3.05) is 20.3 Å². The summed E-state index contributed by atoms with van der Waals surface area (Å²) in [5, 5.41) is 0. The Hall–Kier alpha value is -1.57. The highest BCUT2D eigenvalue weighted by Gasteiger charge is 2.25. The second-order valence-corrected chi connectivity index (χ2v) is 8.04. The van der Waals surface area contributed by atoms with E-state index in [-0.39, 0.29) is 11.4 Å². The standard InChI is InChI=1S/C18H22BrNO4S/c1-4-20(25(21,22)18-9-7-6-8-15(18)19)13-14-10-11-16(24-5-2)17(12-14)23-3/h6-12H,4-5,13H2,1-3H3. The molecule has 0 aliphatic carbocycles. The molecule has 7 heteroatoms. The van der Waals surface area contributed by atoms with Crippen molar-refractivity contribution in [3.05, 3.63) is 52.5 Å². The van der Waals surface area contributed by atoms with Gasteiger partial charge < -0.3 is 9.47 Å². The molecular weight excluding hydrogens is 406 g/mol. The Morgan fingerprint density at radius 2 is 1.80 bits per heavy atom. The first-order valence-electron chi connectivity index (χ1n) is 7.98. The number of rotatable bonds is 8. The van der Waals surface area contributed by atoms with E-state index in [1.54, 1.807) is 37.4 Å². The minimum absolute atomic E-state index is 0.253. The predicted octanol–water partition coefficient (Wildman–Crippen LogP) is 4.07. The zero-order valence-corrected chi connectivity index (χ0v) is 16.9. The quantitative estimate of drug-likeness (QED) is 0.636. The summed E-state index contributed by atoms with van der Waals surface area (Å²) in [4.78, 5) is 0.259. The van der Waals surface area contributed by atoms with Gasteiger partial charge >= 0.3 is 0 Å². The average Bonchev–Trinajstić information content (AvgIpc) is 2.60. The first-order valence-corrected chi connectivity index (χ1v) is 10.2. The minimum atomic E-state index is -3.61. The molecular formula is C18H22BrNO4S. The number of methoxy groups -OCH3 is 1. The molecule has 0 amide bonds. The van der Waals surface area contributed by atoms with Crippen LogP contribution in [0.15, 0.2) is 51.8 Å². The number of ether oxygens (including phenoxy) is 2. The molecule has 2 aromatic rings. The summed E-state index contributed by atoms with van der Waals surface area (Å²) in [7, 11) is -2.04. The SMILES string of the molecule is CCOc1ccc(CN(CC)S(=O)(=O)c2ccccc2Br)cc1OC. The van der Waals surface area contributed by atoms with E-state index in [9.17, 15) is 8.42 Å². The normalized spacial score (nSPS) is 11.6. The lowest BCUT2D eigenvalue weighted by molar-refractivity contribution is 0.310. The summed E-state index contributed by atoms with van der Waals surface area (Å²) in [6.07, 6.45) is 0. The van der Waals surface area contributed by atoms with Gasteiger partial charge in [0.05, 0.1) is 18.6 Å². The van der Waals surface area contributed by atoms with Gasteiger partial charge in [-0.25, -0.2) is 8.42 Å². The molecule has 0 spiro atoms. The summed E-state index contributed by atoms with van der Waals surface area (Å²) in [6.45, 7) is 4.87. The van der Waals surface area contributed by atoms with Crippen molar-refractivity contribution in [2.45, 2.75) is 25.3 Å². The second-order valence-electron chi connectivity index (χ2n) is 5.28. The summed E-state index contributed by atoms with van der Waals surface area (Å²) in [6, 6.07) is 12.3. The molecule has 0 saturated carbocycles. The zero-order chi connectivity index (χ0) is 18.4. The Morgan fingerprint density at radius 3 is 2.40 bits per heavy atom. The third-order valence-electron chi connectivity index (χ3n) is 3.69. The van der Waals surface area contributed by atoms with Crippen LogP contribution in [-0.2, 0) is 16.6 Å². The lowest BCUT2D eigenvalue weighted by atomic mass is 10.2. The second kappa shape index (κ2) is 8.69. The van der Waals surface area contributed by atoms with Gasteiger partial charge in [0, 0.05) is 17.6 Å². The molecule has 0 aliphatic heterocycles. The third-order valence-corrected chi connectivity index (χ3v) is 6.63. The van der Waals surface area contributed by atoms with Gasteiger partial charge in [-0.3, -0.25) is 0 Å². The number of hydrogen-bond donors (Lipinski definition) is 0. The highest BCUT2D eigenvalue weighted by Crippen LogP contribution is 2.30. The van der Waals surface area contributed by atoms with E-state index in [0.29, 0.717) is 29.1 Å². The molecule has 0 unspecified atom stereocenters. The molecule has 2 rings (SSSR count). The van der Waals surface area contributed by atoms with Crippen LogP contribution in [0, 0.1) is 0 Å². The summed E-state index contributed by atoms with van der Waals surface area (Å²) < 4.78 is 38.7. The van der Waals surface area contributed by atoms with E-state index in [1.165, 1.54) is 4.31 Å². The van der Waals surface area contributed by atoms with Crippen molar-refractivity contribution in [2.24, 2.45) is 0 Å². The van der Waals surface area contributed by atoms with Crippen LogP contribution in [0.2, 0.25) is 0 Å². The fourth-order valence-corrected chi connectivity index (χ4v) is 4.85. The van der Waals surface area contributed by atoms with Crippen molar-refractivity contribution >= 4 is 26.0 Å². The van der Waals surface area contributed by atoms with Gasteiger partial charge in [-0.15, -0.1) is 0 Å². The van der Waals surface area contributed by atoms with Crippen molar-refractivity contribution in [3.8, 4) is 11.5 Å². The van der Waals surface area contributed by atoms with E-state index in [2.05, 4.69) is 15.9 Å². The Bertz CT molecular complexity index is 824. The molecule has 25 heavy (non-hydrogen) atoms. The first kappa shape index (κ1) is 19.8. The molecule has 0 saturated heterocycles. The highest BCUT2D eigenvalue weighted by molar-refractivity contribution is 9.10. The maximum atomic E-state index is 13.0. The van der Waals surface area contributed by atoms with Crippen LogP contribution in [-0.4, -0.2) is 33.0 Å². The van der Waals surface area contributed by atoms with E-state index in [1.807, 2.05) is 26.0 Å². The van der Waals surface area contributed by atoms with Crippen molar-refractivity contribution in [1.82, 2.24) is 4.31 Å². The van der Waals surface area contributed by atoms with Gasteiger partial charge in [-0.05, 0) is 52.7 Å². The van der Waals surface area contributed by atoms with Crippen LogP contribution in [0.1, 0.15) is 19.4 Å². The highest BCUT2D eigenvalue weighted by atomic mass is 79.9. The van der Waals surface area contributed by atoms with Gasteiger partial charge in [-0.2, -0.15) is 4.31 Å². The number of sulfonamides is 1. The largest absolute Gasteiger partial charge is 0.493 e. The number of benzene rings is 2. The van der Waals surface area contributed by atoms with Crippen molar-refractivity contribution in [3.63, 3.8) is 0 Å². The lowest BCUT2D eigenvalue weighted by Gasteiger charge is -2.22. The molecule has 0 N–H and O–H groups in total. The molecule has 0 atom stereocenters. The molecule has 0 aliphatic rings. The van der Waals surface area contributed by atoms with Gasteiger partial charge in [0.25, 0.3) is 0 Å². The molecule has 0 radical (unpaired) electrons. The van der Waals surface area contributed by atoms with Gasteiger partial charge in [0.1, 0.15) is 0 Å². The maximum absolute atomic E-state index is 13.0. The predicted molar refractivity (Wildman–Crippen MR) is 102 cm³/mol. The van der Waals surface area contributed by atoms with Gasteiger partial charge in [-0.1, -0.05) is 25.1 Å². The molecule has 136 valence electrons. The Morgan fingerprint density at radius 1 is 1.08 bits per heavy atom. The van der Waals surface area contributed by atoms with Crippen LogP contribution in [0.25, 0.3) is 0 Å². The Kier molecular flexibility index (Phi) is 6.87. The Labute approximate surface area is 157 Å². The summed E-state index contributed by atoms with van der Waals surface area (Å²) in [5.74, 6) is 1.24. The van der Waals surface area contributed by atoms with E-state index in [0.717, 1.165) is 5.56 Å². The molecule has 5 nitrogen and oxygen atoms in total. The first-order chi connectivity index (χ1) is 11.9. The molecule has 0 fully saturated rings. The fourth-order valence-electron chi connectivity index (χ4n) is 2.45. The van der Waals surface area contributed by atoms with E-state index in [4.69, 9.17) is 9.47 Å². The summed E-state index contributed by atoms with van der Waals surface area (Å²) in [5.41, 5.74) is 0.831. The van der Waals surface area contributed by atoms with Crippen molar-refractivity contribution < 1.29 is 17.9 Å². The number of hydrogen-bond acceptors (Lipinski definition) is 4. The molecule has 0 bridgehead atoms. The molecule has 2 aromatic carbocycles. The minimum Gasteiger partial charge on any atom is -0.493 e. The molecule has 0 heterocycles. The van der Waals surface area contributed by atoms with Crippen LogP contribution < -0.4 is 9.47 Å². The topological polar surface area (TPSA) is 55.8 Å².